The first-order chi connectivity index (χ1) is 15.5. The van der Waals surface area contributed by atoms with Crippen LogP contribution in [0.4, 0.5) is 10.1 Å². The largest absolute Gasteiger partial charge is 0.496 e. The molecular formula is C25H25FN2O4. The van der Waals surface area contributed by atoms with Crippen LogP contribution < -0.4 is 20.1 Å². The molecule has 0 saturated heterocycles. The van der Waals surface area contributed by atoms with Gasteiger partial charge in [-0.05, 0) is 49.2 Å². The average molecular weight is 436 g/mol. The average Bonchev–Trinajstić information content (AvgIpc) is 2.79. The van der Waals surface area contributed by atoms with Crippen molar-refractivity contribution in [3.05, 3.63) is 89.2 Å². The van der Waals surface area contributed by atoms with Crippen LogP contribution in [0.15, 0.2) is 66.7 Å². The van der Waals surface area contributed by atoms with Crippen LogP contribution in [0.1, 0.15) is 21.5 Å². The van der Waals surface area contributed by atoms with E-state index in [1.807, 2.05) is 25.1 Å². The number of halogens is 1. The number of methoxy groups -OCH3 is 1. The Morgan fingerprint density at radius 1 is 0.969 bits per heavy atom. The quantitative estimate of drug-likeness (QED) is 0.529. The van der Waals surface area contributed by atoms with Gasteiger partial charge in [0.15, 0.2) is 6.61 Å². The fraction of sp³-hybridized carbons (Fsp3) is 0.200. The summed E-state index contributed by atoms with van der Waals surface area (Å²) in [6.45, 7) is 2.04. The van der Waals surface area contributed by atoms with Gasteiger partial charge in [0.25, 0.3) is 11.8 Å². The van der Waals surface area contributed by atoms with E-state index < -0.39 is 11.7 Å². The third kappa shape index (κ3) is 6.07. The lowest BCUT2D eigenvalue weighted by molar-refractivity contribution is -0.118. The van der Waals surface area contributed by atoms with Crippen molar-refractivity contribution in [2.24, 2.45) is 0 Å². The van der Waals surface area contributed by atoms with Crippen LogP contribution in [-0.2, 0) is 11.2 Å². The molecule has 0 fully saturated rings. The summed E-state index contributed by atoms with van der Waals surface area (Å²) in [5.74, 6) is -0.347. The summed E-state index contributed by atoms with van der Waals surface area (Å²) in [7, 11) is 1.61. The molecule has 32 heavy (non-hydrogen) atoms. The maximum absolute atomic E-state index is 13.7. The predicted octanol–water partition coefficient (Wildman–Crippen LogP) is 4.13. The van der Waals surface area contributed by atoms with Gasteiger partial charge < -0.3 is 20.1 Å². The summed E-state index contributed by atoms with van der Waals surface area (Å²) >= 11 is 0. The van der Waals surface area contributed by atoms with Crippen LogP contribution in [0.3, 0.4) is 0 Å². The second-order valence-corrected chi connectivity index (χ2v) is 7.13. The number of ether oxygens (including phenoxy) is 2. The van der Waals surface area contributed by atoms with Gasteiger partial charge >= 0.3 is 0 Å². The molecule has 0 aromatic heterocycles. The monoisotopic (exact) mass is 436 g/mol. The minimum absolute atomic E-state index is 0.0682. The van der Waals surface area contributed by atoms with E-state index in [1.165, 1.54) is 18.2 Å². The number of hydrogen-bond donors (Lipinski definition) is 2. The topological polar surface area (TPSA) is 76.7 Å². The first-order valence-corrected chi connectivity index (χ1v) is 10.2. The van der Waals surface area contributed by atoms with E-state index in [0.29, 0.717) is 18.5 Å². The molecule has 7 heteroatoms. The van der Waals surface area contributed by atoms with Crippen molar-refractivity contribution < 1.29 is 23.5 Å². The van der Waals surface area contributed by atoms with Gasteiger partial charge in [0.05, 0.1) is 18.4 Å². The zero-order valence-electron chi connectivity index (χ0n) is 18.0. The molecule has 3 aromatic carbocycles. The summed E-state index contributed by atoms with van der Waals surface area (Å²) in [6, 6.07) is 18.4. The van der Waals surface area contributed by atoms with Gasteiger partial charge in [-0.25, -0.2) is 4.39 Å². The molecule has 166 valence electrons. The lowest BCUT2D eigenvalue weighted by Crippen LogP contribution is -2.27. The number of nitrogens with one attached hydrogen (secondary N) is 2. The van der Waals surface area contributed by atoms with Crippen molar-refractivity contribution in [2.45, 2.75) is 13.3 Å². The molecule has 0 unspecified atom stereocenters. The number of anilines is 1. The highest BCUT2D eigenvalue weighted by atomic mass is 19.1. The van der Waals surface area contributed by atoms with Gasteiger partial charge in [0, 0.05) is 6.54 Å². The van der Waals surface area contributed by atoms with E-state index in [-0.39, 0.29) is 24.0 Å². The van der Waals surface area contributed by atoms with Gasteiger partial charge in [-0.2, -0.15) is 0 Å². The molecule has 0 atom stereocenters. The number of carbonyl (C=O) groups excluding carboxylic acids is 2. The Labute approximate surface area is 186 Å². The highest BCUT2D eigenvalue weighted by Gasteiger charge is 2.14. The molecule has 0 aliphatic heterocycles. The second kappa shape index (κ2) is 10.9. The second-order valence-electron chi connectivity index (χ2n) is 7.13. The molecule has 0 saturated carbocycles. The van der Waals surface area contributed by atoms with E-state index in [1.54, 1.807) is 37.4 Å². The van der Waals surface area contributed by atoms with Crippen LogP contribution in [0.25, 0.3) is 0 Å². The standard InChI is InChI=1S/C25H25FN2O4/c1-17-11-12-22(31-2)18(15-17)13-14-27-25(30)19-7-3-6-10-23(19)32-16-24(29)28-21-9-5-4-8-20(21)26/h3-12,15H,13-14,16H2,1-2H3,(H,27,30)(H,28,29). The minimum Gasteiger partial charge on any atom is -0.496 e. The number of amides is 2. The van der Waals surface area contributed by atoms with Gasteiger partial charge in [-0.15, -0.1) is 0 Å². The molecule has 3 rings (SSSR count). The van der Waals surface area contributed by atoms with Crippen LogP contribution >= 0.6 is 0 Å². The molecule has 0 aliphatic carbocycles. The fourth-order valence-corrected chi connectivity index (χ4v) is 3.18. The third-order valence-corrected chi connectivity index (χ3v) is 4.75. The highest BCUT2D eigenvalue weighted by molar-refractivity contribution is 5.97. The van der Waals surface area contributed by atoms with E-state index >= 15 is 0 Å². The van der Waals surface area contributed by atoms with E-state index in [2.05, 4.69) is 10.6 Å². The number of para-hydroxylation sites is 2. The van der Waals surface area contributed by atoms with Crippen molar-refractivity contribution in [1.82, 2.24) is 5.32 Å². The number of aryl methyl sites for hydroxylation is 1. The minimum atomic E-state index is -0.536. The SMILES string of the molecule is COc1ccc(C)cc1CCNC(=O)c1ccccc1OCC(=O)Nc1ccccc1F. The molecular weight excluding hydrogens is 411 g/mol. The Kier molecular flexibility index (Phi) is 7.80. The number of rotatable bonds is 9. The Hall–Kier alpha value is -3.87. The Morgan fingerprint density at radius 2 is 1.72 bits per heavy atom. The van der Waals surface area contributed by atoms with E-state index in [0.717, 1.165) is 16.9 Å². The molecule has 0 radical (unpaired) electrons. The smallest absolute Gasteiger partial charge is 0.262 e. The Balaban J connectivity index is 1.57. The third-order valence-electron chi connectivity index (χ3n) is 4.75. The predicted molar refractivity (Wildman–Crippen MR) is 121 cm³/mol. The molecule has 2 amide bonds. The van der Waals surface area contributed by atoms with Crippen LogP contribution in [0, 0.1) is 12.7 Å². The van der Waals surface area contributed by atoms with Crippen LogP contribution in [0.2, 0.25) is 0 Å². The first kappa shape index (κ1) is 22.8. The molecule has 3 aromatic rings. The van der Waals surface area contributed by atoms with Crippen molar-refractivity contribution in [3.8, 4) is 11.5 Å². The fourth-order valence-electron chi connectivity index (χ4n) is 3.18. The Morgan fingerprint density at radius 3 is 2.50 bits per heavy atom. The van der Waals surface area contributed by atoms with Crippen molar-refractivity contribution in [1.29, 1.82) is 0 Å². The molecule has 0 bridgehead atoms. The number of benzene rings is 3. The van der Waals surface area contributed by atoms with Crippen molar-refractivity contribution in [3.63, 3.8) is 0 Å². The zero-order chi connectivity index (χ0) is 22.9. The van der Waals surface area contributed by atoms with E-state index in [9.17, 15) is 14.0 Å². The molecule has 0 aliphatic rings. The molecule has 6 nitrogen and oxygen atoms in total. The summed E-state index contributed by atoms with van der Waals surface area (Å²) in [6.07, 6.45) is 0.602. The van der Waals surface area contributed by atoms with Crippen LogP contribution in [0.5, 0.6) is 11.5 Å². The van der Waals surface area contributed by atoms with Gasteiger partial charge in [0.1, 0.15) is 17.3 Å². The lowest BCUT2D eigenvalue weighted by Gasteiger charge is -2.13. The van der Waals surface area contributed by atoms with E-state index in [4.69, 9.17) is 9.47 Å². The molecule has 0 heterocycles. The lowest BCUT2D eigenvalue weighted by atomic mass is 10.1. The van der Waals surface area contributed by atoms with Gasteiger partial charge in [-0.1, -0.05) is 42.0 Å². The number of hydrogen-bond acceptors (Lipinski definition) is 4. The normalized spacial score (nSPS) is 10.3. The van der Waals surface area contributed by atoms with Crippen molar-refractivity contribution in [2.75, 3.05) is 25.6 Å². The summed E-state index contributed by atoms with van der Waals surface area (Å²) in [5, 5.41) is 5.31. The summed E-state index contributed by atoms with van der Waals surface area (Å²) < 4.78 is 24.6. The first-order valence-electron chi connectivity index (χ1n) is 10.2. The molecule has 2 N–H and O–H groups in total. The van der Waals surface area contributed by atoms with Crippen molar-refractivity contribution >= 4 is 17.5 Å². The maximum atomic E-state index is 13.7. The van der Waals surface area contributed by atoms with Crippen LogP contribution in [-0.4, -0.2) is 32.1 Å². The summed E-state index contributed by atoms with van der Waals surface area (Å²) in [4.78, 5) is 24.8. The van der Waals surface area contributed by atoms with Gasteiger partial charge in [0.2, 0.25) is 0 Å². The number of carbonyl (C=O) groups is 2. The molecule has 0 spiro atoms. The Bertz CT molecular complexity index is 1100. The maximum Gasteiger partial charge on any atom is 0.262 e. The highest BCUT2D eigenvalue weighted by Crippen LogP contribution is 2.21. The van der Waals surface area contributed by atoms with Gasteiger partial charge in [-0.3, -0.25) is 9.59 Å². The summed E-state index contributed by atoms with van der Waals surface area (Å²) in [5.41, 5.74) is 2.49. The zero-order valence-corrected chi connectivity index (χ0v) is 18.0.